The molecule has 3 heteroatoms. The van der Waals surface area contributed by atoms with E-state index in [9.17, 15) is 9.90 Å². The van der Waals surface area contributed by atoms with Gasteiger partial charge in [0.05, 0.1) is 5.57 Å². The summed E-state index contributed by atoms with van der Waals surface area (Å²) in [6.07, 6.45) is 5.26. The molecule has 0 amide bonds. The minimum atomic E-state index is -0.00294. The topological polar surface area (TPSA) is 37.3 Å². The summed E-state index contributed by atoms with van der Waals surface area (Å²) in [6.45, 7) is 6.36. The van der Waals surface area contributed by atoms with E-state index in [0.29, 0.717) is 24.2 Å². The second kappa shape index (κ2) is 6.95. The number of rotatable bonds is 3. The van der Waals surface area contributed by atoms with Crippen molar-refractivity contribution >= 4 is 23.1 Å². The van der Waals surface area contributed by atoms with Crippen LogP contribution in [0.2, 0.25) is 0 Å². The number of allylic oxidation sites excluding steroid dienone is 2. The van der Waals surface area contributed by atoms with Gasteiger partial charge in [-0.3, -0.25) is 4.79 Å². The van der Waals surface area contributed by atoms with Crippen molar-refractivity contribution in [3.63, 3.8) is 0 Å². The first kappa shape index (κ1) is 17.6. The van der Waals surface area contributed by atoms with Crippen LogP contribution >= 0.6 is 11.8 Å². The number of aliphatic hydroxyl groups is 1. The highest BCUT2D eigenvalue weighted by molar-refractivity contribution is 7.99. The predicted molar refractivity (Wildman–Crippen MR) is 103 cm³/mol. The smallest absolute Gasteiger partial charge is 0.167 e. The Morgan fingerprint density at radius 2 is 1.83 bits per heavy atom. The Morgan fingerprint density at radius 1 is 1.17 bits per heavy atom. The molecule has 1 aromatic rings. The van der Waals surface area contributed by atoms with Crippen LogP contribution in [0.5, 0.6) is 0 Å². The zero-order valence-electron chi connectivity index (χ0n) is 15.1. The van der Waals surface area contributed by atoms with Crippen molar-refractivity contribution in [1.29, 1.82) is 0 Å². The minimum Gasteiger partial charge on any atom is -0.512 e. The van der Waals surface area contributed by atoms with E-state index >= 15 is 0 Å². The standard InChI is InChI=1S/C21H28O2S/c1-4-15-9-14(3)10-16(5-2)19(15)20-17(22)11-21(12-18(20)23)7-6-8-24-13-21/h9-10,22H,4-8,11-13H2,1-3H3. The van der Waals surface area contributed by atoms with Crippen molar-refractivity contribution in [3.05, 3.63) is 40.1 Å². The molecule has 0 radical (unpaired) electrons. The van der Waals surface area contributed by atoms with Gasteiger partial charge in [0.15, 0.2) is 5.78 Å². The molecule has 0 saturated carbocycles. The second-order valence-electron chi connectivity index (χ2n) is 7.42. The van der Waals surface area contributed by atoms with Crippen molar-refractivity contribution < 1.29 is 9.90 Å². The van der Waals surface area contributed by atoms with E-state index < -0.39 is 0 Å². The fourth-order valence-electron chi connectivity index (χ4n) is 4.39. The van der Waals surface area contributed by atoms with Crippen LogP contribution in [0.3, 0.4) is 0 Å². The van der Waals surface area contributed by atoms with Crippen molar-refractivity contribution in [3.8, 4) is 0 Å². The lowest BCUT2D eigenvalue weighted by Gasteiger charge is -2.40. The molecule has 1 heterocycles. The molecule has 1 aliphatic heterocycles. The summed E-state index contributed by atoms with van der Waals surface area (Å²) in [6, 6.07) is 4.34. The van der Waals surface area contributed by atoms with E-state index in [1.165, 1.54) is 22.4 Å². The number of carbonyl (C=O) groups is 1. The maximum Gasteiger partial charge on any atom is 0.167 e. The van der Waals surface area contributed by atoms with Crippen LogP contribution in [0, 0.1) is 12.3 Å². The Hall–Kier alpha value is -1.22. The van der Waals surface area contributed by atoms with E-state index in [2.05, 4.69) is 32.9 Å². The predicted octanol–water partition coefficient (Wildman–Crippen LogP) is 5.27. The van der Waals surface area contributed by atoms with Crippen molar-refractivity contribution in [2.45, 2.75) is 59.3 Å². The third-order valence-corrected chi connectivity index (χ3v) is 6.90. The molecular formula is C21H28O2S. The highest BCUT2D eigenvalue weighted by Crippen LogP contribution is 2.48. The molecule has 1 aliphatic carbocycles. The average molecular weight is 345 g/mol. The number of aryl methyl sites for hydroxylation is 3. The maximum absolute atomic E-state index is 13.1. The van der Waals surface area contributed by atoms with E-state index in [-0.39, 0.29) is 11.2 Å². The molecule has 130 valence electrons. The molecule has 2 aliphatic rings. The number of aliphatic hydroxyl groups excluding tert-OH is 1. The molecule has 0 aromatic heterocycles. The SMILES string of the molecule is CCc1cc(C)cc(CC)c1C1=C(O)CC2(CCCSC2)CC1=O. The number of thioether (sulfide) groups is 1. The van der Waals surface area contributed by atoms with Crippen LogP contribution < -0.4 is 0 Å². The summed E-state index contributed by atoms with van der Waals surface area (Å²) in [4.78, 5) is 13.1. The van der Waals surface area contributed by atoms with Gasteiger partial charge in [-0.05, 0) is 66.2 Å². The van der Waals surface area contributed by atoms with Crippen LogP contribution in [0.4, 0.5) is 0 Å². The molecule has 1 saturated heterocycles. The number of hydrogen-bond donors (Lipinski definition) is 1. The van der Waals surface area contributed by atoms with E-state index in [0.717, 1.165) is 37.0 Å². The third kappa shape index (κ3) is 3.15. The van der Waals surface area contributed by atoms with Crippen LogP contribution in [-0.2, 0) is 17.6 Å². The molecular weight excluding hydrogens is 316 g/mol. The number of Topliss-reactive ketones (excluding diaryl/α,β-unsaturated/α-hetero) is 1. The highest BCUT2D eigenvalue weighted by Gasteiger charge is 2.42. The van der Waals surface area contributed by atoms with E-state index in [1.807, 2.05) is 11.8 Å². The molecule has 1 fully saturated rings. The van der Waals surface area contributed by atoms with Gasteiger partial charge in [0.1, 0.15) is 5.76 Å². The van der Waals surface area contributed by atoms with Gasteiger partial charge in [-0.1, -0.05) is 31.5 Å². The van der Waals surface area contributed by atoms with E-state index in [4.69, 9.17) is 0 Å². The highest BCUT2D eigenvalue weighted by atomic mass is 32.2. The normalized spacial score (nSPS) is 24.7. The zero-order valence-corrected chi connectivity index (χ0v) is 15.9. The van der Waals surface area contributed by atoms with E-state index in [1.54, 1.807) is 0 Å². The van der Waals surface area contributed by atoms with Crippen LogP contribution in [-0.4, -0.2) is 22.4 Å². The largest absolute Gasteiger partial charge is 0.512 e. The minimum absolute atomic E-state index is 0.00294. The molecule has 1 unspecified atom stereocenters. The summed E-state index contributed by atoms with van der Waals surface area (Å²) < 4.78 is 0. The Kier molecular flexibility index (Phi) is 5.10. The van der Waals surface area contributed by atoms with Crippen LogP contribution in [0.15, 0.2) is 17.9 Å². The molecule has 1 spiro atoms. The van der Waals surface area contributed by atoms with Crippen molar-refractivity contribution in [2.75, 3.05) is 11.5 Å². The number of hydrogen-bond acceptors (Lipinski definition) is 3. The van der Waals surface area contributed by atoms with Gasteiger partial charge in [0.2, 0.25) is 0 Å². The average Bonchev–Trinajstić information content (AvgIpc) is 2.55. The summed E-state index contributed by atoms with van der Waals surface area (Å²) >= 11 is 1.93. The third-order valence-electron chi connectivity index (χ3n) is 5.51. The summed E-state index contributed by atoms with van der Waals surface area (Å²) in [7, 11) is 0. The van der Waals surface area contributed by atoms with Crippen molar-refractivity contribution in [1.82, 2.24) is 0 Å². The van der Waals surface area contributed by atoms with Gasteiger partial charge in [0, 0.05) is 12.8 Å². The van der Waals surface area contributed by atoms with Crippen LogP contribution in [0.25, 0.3) is 5.57 Å². The molecule has 3 rings (SSSR count). The lowest BCUT2D eigenvalue weighted by molar-refractivity contribution is -0.116. The first-order chi connectivity index (χ1) is 11.5. The van der Waals surface area contributed by atoms with Gasteiger partial charge >= 0.3 is 0 Å². The van der Waals surface area contributed by atoms with Crippen molar-refractivity contribution in [2.24, 2.45) is 5.41 Å². The lowest BCUT2D eigenvalue weighted by atomic mass is 9.70. The second-order valence-corrected chi connectivity index (χ2v) is 8.53. The number of carbonyl (C=O) groups excluding carboxylic acids is 1. The number of ketones is 1. The molecule has 1 aromatic carbocycles. The fraction of sp³-hybridized carbons (Fsp3) is 0.571. The van der Waals surface area contributed by atoms with Gasteiger partial charge in [-0.15, -0.1) is 0 Å². The Bertz CT molecular complexity index is 656. The Balaban J connectivity index is 2.09. The maximum atomic E-state index is 13.1. The lowest BCUT2D eigenvalue weighted by Crippen LogP contribution is -2.35. The quantitative estimate of drug-likeness (QED) is 0.812. The first-order valence-electron chi connectivity index (χ1n) is 9.15. The fourth-order valence-corrected chi connectivity index (χ4v) is 5.66. The molecule has 0 bridgehead atoms. The first-order valence-corrected chi connectivity index (χ1v) is 10.3. The van der Waals surface area contributed by atoms with Gasteiger partial charge in [0.25, 0.3) is 0 Å². The Labute approximate surface area is 149 Å². The van der Waals surface area contributed by atoms with Gasteiger partial charge in [-0.25, -0.2) is 0 Å². The molecule has 2 nitrogen and oxygen atoms in total. The Morgan fingerprint density at radius 3 is 2.33 bits per heavy atom. The summed E-state index contributed by atoms with van der Waals surface area (Å²) in [5.74, 6) is 2.67. The zero-order chi connectivity index (χ0) is 17.3. The van der Waals surface area contributed by atoms with Gasteiger partial charge in [-0.2, -0.15) is 11.8 Å². The molecule has 1 N–H and O–H groups in total. The van der Waals surface area contributed by atoms with Crippen LogP contribution in [0.1, 0.15) is 61.8 Å². The molecule has 24 heavy (non-hydrogen) atoms. The number of benzene rings is 1. The summed E-state index contributed by atoms with van der Waals surface area (Å²) in [5.41, 5.74) is 5.25. The van der Waals surface area contributed by atoms with Gasteiger partial charge < -0.3 is 5.11 Å². The summed E-state index contributed by atoms with van der Waals surface area (Å²) in [5, 5.41) is 10.9. The molecule has 1 atom stereocenters. The monoisotopic (exact) mass is 344 g/mol.